The van der Waals surface area contributed by atoms with Crippen LogP contribution in [-0.4, -0.2) is 6.54 Å². The number of rotatable bonds is 3. The third-order valence-corrected chi connectivity index (χ3v) is 1.84. The number of hydrogen-bond donors (Lipinski definition) is 3. The Morgan fingerprint density at radius 1 is 1.17 bits per heavy atom. The van der Waals surface area contributed by atoms with Crippen molar-refractivity contribution in [2.24, 2.45) is 11.5 Å². The minimum Gasteiger partial charge on any atom is -0.399 e. The Morgan fingerprint density at radius 2 is 1.75 bits per heavy atom. The monoisotopic (exact) mass is 165 g/mol. The molecule has 0 spiro atoms. The molecule has 3 nitrogen and oxygen atoms in total. The molecular weight excluding hydrogens is 150 g/mol. The third-order valence-electron chi connectivity index (χ3n) is 1.84. The van der Waals surface area contributed by atoms with Gasteiger partial charge >= 0.3 is 0 Å². The maximum Gasteiger partial charge on any atom is 0.0314 e. The van der Waals surface area contributed by atoms with E-state index in [1.807, 2.05) is 24.3 Å². The van der Waals surface area contributed by atoms with Crippen molar-refractivity contribution >= 4 is 5.69 Å². The van der Waals surface area contributed by atoms with Gasteiger partial charge in [-0.3, -0.25) is 0 Å². The zero-order valence-corrected chi connectivity index (χ0v) is 7.03. The Balaban J connectivity index is 2.68. The highest BCUT2D eigenvalue weighted by Crippen LogP contribution is 2.14. The van der Waals surface area contributed by atoms with E-state index in [4.69, 9.17) is 17.2 Å². The average Bonchev–Trinajstić information content (AvgIpc) is 2.06. The molecule has 0 amide bonds. The lowest BCUT2D eigenvalue weighted by Gasteiger charge is -2.10. The number of nitrogens with two attached hydrogens (primary N) is 3. The van der Waals surface area contributed by atoms with E-state index in [0.717, 1.165) is 17.7 Å². The second kappa shape index (κ2) is 4.09. The van der Waals surface area contributed by atoms with Crippen LogP contribution in [0.5, 0.6) is 0 Å². The summed E-state index contributed by atoms with van der Waals surface area (Å²) in [6, 6.07) is 7.62. The fourth-order valence-corrected chi connectivity index (χ4v) is 1.09. The molecule has 3 heteroatoms. The Hall–Kier alpha value is -1.06. The first-order valence-corrected chi connectivity index (χ1v) is 4.05. The van der Waals surface area contributed by atoms with Gasteiger partial charge in [-0.25, -0.2) is 0 Å². The molecule has 0 fully saturated rings. The van der Waals surface area contributed by atoms with Crippen LogP contribution in [-0.2, 0) is 0 Å². The maximum absolute atomic E-state index is 5.83. The van der Waals surface area contributed by atoms with Crippen LogP contribution in [0.1, 0.15) is 18.0 Å². The summed E-state index contributed by atoms with van der Waals surface area (Å²) in [7, 11) is 0. The topological polar surface area (TPSA) is 78.1 Å². The fourth-order valence-electron chi connectivity index (χ4n) is 1.09. The van der Waals surface area contributed by atoms with Gasteiger partial charge in [0.05, 0.1) is 0 Å². The second-order valence-electron chi connectivity index (χ2n) is 2.85. The molecule has 1 aromatic carbocycles. The maximum atomic E-state index is 5.83. The Morgan fingerprint density at radius 3 is 2.25 bits per heavy atom. The molecular formula is C9H15N3. The predicted octanol–water partition coefficient (Wildman–Crippen LogP) is 0.617. The highest BCUT2D eigenvalue weighted by molar-refractivity contribution is 5.40. The van der Waals surface area contributed by atoms with E-state index < -0.39 is 0 Å². The fraction of sp³-hybridized carbons (Fsp3) is 0.333. The molecule has 6 N–H and O–H groups in total. The van der Waals surface area contributed by atoms with E-state index in [0.29, 0.717) is 6.54 Å². The van der Waals surface area contributed by atoms with Crippen LogP contribution in [0.2, 0.25) is 0 Å². The van der Waals surface area contributed by atoms with Crippen LogP contribution in [0.15, 0.2) is 24.3 Å². The summed E-state index contributed by atoms with van der Waals surface area (Å²) < 4.78 is 0. The minimum absolute atomic E-state index is 0.0376. The summed E-state index contributed by atoms with van der Waals surface area (Å²) >= 11 is 0. The van der Waals surface area contributed by atoms with Crippen molar-refractivity contribution < 1.29 is 0 Å². The summed E-state index contributed by atoms with van der Waals surface area (Å²) in [4.78, 5) is 0. The molecule has 1 unspecified atom stereocenters. The zero-order valence-electron chi connectivity index (χ0n) is 7.03. The average molecular weight is 165 g/mol. The molecule has 0 heterocycles. The van der Waals surface area contributed by atoms with Crippen molar-refractivity contribution in [3.05, 3.63) is 29.8 Å². The normalized spacial score (nSPS) is 12.8. The summed E-state index contributed by atoms with van der Waals surface area (Å²) in [6.07, 6.45) is 0.809. The molecule has 0 saturated heterocycles. The molecule has 1 rings (SSSR count). The molecule has 0 aliphatic rings. The number of benzene rings is 1. The van der Waals surface area contributed by atoms with Crippen molar-refractivity contribution in [3.63, 3.8) is 0 Å². The summed E-state index contributed by atoms with van der Waals surface area (Å²) in [5.74, 6) is 0. The van der Waals surface area contributed by atoms with E-state index in [1.165, 1.54) is 0 Å². The van der Waals surface area contributed by atoms with Crippen molar-refractivity contribution in [2.45, 2.75) is 12.5 Å². The van der Waals surface area contributed by atoms with Gasteiger partial charge in [-0.2, -0.15) is 0 Å². The molecule has 66 valence electrons. The van der Waals surface area contributed by atoms with Crippen LogP contribution >= 0.6 is 0 Å². The first-order valence-electron chi connectivity index (χ1n) is 4.05. The molecule has 0 saturated carbocycles. The first kappa shape index (κ1) is 9.03. The van der Waals surface area contributed by atoms with E-state index in [-0.39, 0.29) is 6.04 Å². The van der Waals surface area contributed by atoms with Gasteiger partial charge in [0, 0.05) is 11.7 Å². The molecule has 0 aliphatic heterocycles. The largest absolute Gasteiger partial charge is 0.399 e. The van der Waals surface area contributed by atoms with Crippen LogP contribution in [0.3, 0.4) is 0 Å². The first-order chi connectivity index (χ1) is 5.74. The van der Waals surface area contributed by atoms with Gasteiger partial charge in [0.15, 0.2) is 0 Å². The van der Waals surface area contributed by atoms with Gasteiger partial charge < -0.3 is 17.2 Å². The van der Waals surface area contributed by atoms with Crippen molar-refractivity contribution in [1.29, 1.82) is 0 Å². The molecule has 0 radical (unpaired) electrons. The van der Waals surface area contributed by atoms with Crippen molar-refractivity contribution in [2.75, 3.05) is 12.3 Å². The lowest BCUT2D eigenvalue weighted by Crippen LogP contribution is -2.15. The predicted molar refractivity (Wildman–Crippen MR) is 51.5 cm³/mol. The third kappa shape index (κ3) is 2.22. The number of anilines is 1. The molecule has 12 heavy (non-hydrogen) atoms. The van der Waals surface area contributed by atoms with Gasteiger partial charge in [0.1, 0.15) is 0 Å². The zero-order chi connectivity index (χ0) is 8.97. The summed E-state index contributed by atoms with van der Waals surface area (Å²) in [5.41, 5.74) is 18.6. The van der Waals surface area contributed by atoms with Crippen molar-refractivity contribution in [1.82, 2.24) is 0 Å². The second-order valence-corrected chi connectivity index (χ2v) is 2.85. The van der Waals surface area contributed by atoms with Gasteiger partial charge in [-0.15, -0.1) is 0 Å². The molecule has 0 bridgehead atoms. The Labute approximate surface area is 72.5 Å². The molecule has 1 atom stereocenters. The van der Waals surface area contributed by atoms with Crippen LogP contribution in [0.25, 0.3) is 0 Å². The minimum atomic E-state index is 0.0376. The lowest BCUT2D eigenvalue weighted by atomic mass is 10.0. The summed E-state index contributed by atoms with van der Waals surface area (Å²) in [6.45, 7) is 0.617. The van der Waals surface area contributed by atoms with Crippen molar-refractivity contribution in [3.8, 4) is 0 Å². The van der Waals surface area contributed by atoms with Crippen LogP contribution < -0.4 is 17.2 Å². The highest BCUT2D eigenvalue weighted by atomic mass is 14.7. The summed E-state index contributed by atoms with van der Waals surface area (Å²) in [5, 5.41) is 0. The van der Waals surface area contributed by atoms with Gasteiger partial charge in [-0.1, -0.05) is 12.1 Å². The van der Waals surface area contributed by atoms with Crippen LogP contribution in [0, 0.1) is 0 Å². The Kier molecular flexibility index (Phi) is 3.08. The van der Waals surface area contributed by atoms with E-state index >= 15 is 0 Å². The molecule has 0 aliphatic carbocycles. The Bertz CT molecular complexity index is 230. The van der Waals surface area contributed by atoms with Gasteiger partial charge in [0.25, 0.3) is 0 Å². The van der Waals surface area contributed by atoms with Gasteiger partial charge in [0.2, 0.25) is 0 Å². The number of hydrogen-bond acceptors (Lipinski definition) is 3. The van der Waals surface area contributed by atoms with E-state index in [2.05, 4.69) is 0 Å². The number of nitrogen functional groups attached to an aromatic ring is 1. The quantitative estimate of drug-likeness (QED) is 0.574. The smallest absolute Gasteiger partial charge is 0.0314 e. The molecule has 0 aromatic heterocycles. The van der Waals surface area contributed by atoms with Crippen LogP contribution in [0.4, 0.5) is 5.69 Å². The van der Waals surface area contributed by atoms with E-state index in [1.54, 1.807) is 0 Å². The van der Waals surface area contributed by atoms with E-state index in [9.17, 15) is 0 Å². The molecule has 1 aromatic rings. The highest BCUT2D eigenvalue weighted by Gasteiger charge is 2.02. The standard InChI is InChI=1S/C9H15N3/c10-6-5-9(12)7-1-3-8(11)4-2-7/h1-4,9H,5-6,10-12H2. The van der Waals surface area contributed by atoms with Gasteiger partial charge in [-0.05, 0) is 30.7 Å². The lowest BCUT2D eigenvalue weighted by molar-refractivity contribution is 0.661. The SMILES string of the molecule is NCCC(N)c1ccc(N)cc1.